The predicted octanol–water partition coefficient (Wildman–Crippen LogP) is 5.66. The topological polar surface area (TPSA) is 157 Å². The molecule has 3 atom stereocenters. The highest BCUT2D eigenvalue weighted by Gasteiger charge is 2.47. The number of ether oxygens (including phenoxy) is 1. The van der Waals surface area contributed by atoms with Crippen molar-refractivity contribution >= 4 is 52.7 Å². The second-order valence-electron chi connectivity index (χ2n) is 11.7. The van der Waals surface area contributed by atoms with E-state index in [4.69, 9.17) is 33.7 Å². The number of halogens is 8. The summed E-state index contributed by atoms with van der Waals surface area (Å²) in [4.78, 5) is 70.8. The number of hydroxylamine groups is 2. The molecule has 0 bridgehead atoms. The molecular weight excluding hydrogens is 761 g/mol. The van der Waals surface area contributed by atoms with Crippen LogP contribution in [0.2, 0.25) is 10.0 Å². The van der Waals surface area contributed by atoms with Crippen LogP contribution in [0.3, 0.4) is 0 Å². The molecule has 0 saturated heterocycles. The number of benzene rings is 3. The Morgan fingerprint density at radius 2 is 1.49 bits per heavy atom. The molecule has 0 aliphatic carbocycles. The van der Waals surface area contributed by atoms with E-state index in [1.54, 1.807) is 0 Å². The molecule has 0 fully saturated rings. The number of methoxy groups -OCH3 is 1. The second-order valence-corrected chi connectivity index (χ2v) is 12.5. The van der Waals surface area contributed by atoms with Crippen LogP contribution in [-0.2, 0) is 37.0 Å². The zero-order valence-corrected chi connectivity index (χ0v) is 29.5. The van der Waals surface area contributed by atoms with Gasteiger partial charge in [0.2, 0.25) is 11.8 Å². The molecule has 0 aliphatic heterocycles. The van der Waals surface area contributed by atoms with Crippen molar-refractivity contribution in [2.24, 2.45) is 11.7 Å². The van der Waals surface area contributed by atoms with Crippen LogP contribution in [0, 0.1) is 5.92 Å². The van der Waals surface area contributed by atoms with Gasteiger partial charge in [-0.25, -0.2) is 4.79 Å². The molecule has 0 spiro atoms. The monoisotopic (exact) mass is 792 g/mol. The predicted molar refractivity (Wildman–Crippen MR) is 178 cm³/mol. The highest BCUT2D eigenvalue weighted by Crippen LogP contribution is 2.27. The van der Waals surface area contributed by atoms with Gasteiger partial charge in [-0.05, 0) is 59.0 Å². The van der Waals surface area contributed by atoms with Crippen molar-refractivity contribution in [1.82, 2.24) is 15.7 Å². The number of nitrogens with two attached hydrogens (primary N) is 1. The molecule has 4 N–H and O–H groups in total. The van der Waals surface area contributed by atoms with Crippen LogP contribution in [-0.4, -0.2) is 66.1 Å². The number of carbonyl (C=O) groups is 5. The Kier molecular flexibility index (Phi) is 14.3. The quantitative estimate of drug-likeness (QED) is 0.148. The summed E-state index contributed by atoms with van der Waals surface area (Å²) >= 11 is 12.3. The summed E-state index contributed by atoms with van der Waals surface area (Å²) in [6.07, 6.45) is -11.7. The van der Waals surface area contributed by atoms with Crippen molar-refractivity contribution in [3.8, 4) is 5.75 Å². The van der Waals surface area contributed by atoms with Crippen molar-refractivity contribution in [3.05, 3.63) is 99.0 Å². The van der Waals surface area contributed by atoms with Gasteiger partial charge in [-0.2, -0.15) is 31.4 Å². The van der Waals surface area contributed by atoms with Crippen molar-refractivity contribution in [2.45, 2.75) is 57.3 Å². The summed E-state index contributed by atoms with van der Waals surface area (Å²) in [6, 6.07) is 7.66. The van der Waals surface area contributed by atoms with E-state index in [2.05, 4.69) is 10.2 Å². The van der Waals surface area contributed by atoms with Crippen LogP contribution < -0.4 is 21.1 Å². The summed E-state index contributed by atoms with van der Waals surface area (Å²) in [6.45, 7) is 2.35. The number of carbonyl (C=O) groups excluding carboxylic acids is 5. The fourth-order valence-electron chi connectivity index (χ4n) is 4.81. The summed E-state index contributed by atoms with van der Waals surface area (Å²) in [5.41, 5.74) is 5.49. The first-order chi connectivity index (χ1) is 24.7. The largest absolute Gasteiger partial charge is 0.497 e. The van der Waals surface area contributed by atoms with Gasteiger partial charge >= 0.3 is 18.3 Å². The number of nitrogens with one attached hydrogen (secondary N) is 2. The zero-order chi connectivity index (χ0) is 39.8. The zero-order valence-electron chi connectivity index (χ0n) is 28.0. The molecule has 53 heavy (non-hydrogen) atoms. The maximum Gasteiger partial charge on any atom is 0.493 e. The number of alkyl halides is 6. The number of hydrogen-bond donors (Lipinski definition) is 3. The SMILES string of the molecule is COc1ccc([C@H](NC(=O)[C@H](Cc2cccc(Cl)c2)N(OC(=O)C(F)(F)F)C(=O)c2ccc(CN)c(Cl)c2)C(=O)N[C@H](C(=O)C(F)(F)F)C(C)C)cc1. The minimum atomic E-state index is -5.68. The van der Waals surface area contributed by atoms with E-state index < -0.39 is 77.9 Å². The van der Waals surface area contributed by atoms with E-state index in [0.717, 1.165) is 12.1 Å². The summed E-state index contributed by atoms with van der Waals surface area (Å²) in [5.74, 6) is -10.3. The molecule has 3 aromatic carbocycles. The van der Waals surface area contributed by atoms with Gasteiger partial charge in [-0.15, -0.1) is 0 Å². The van der Waals surface area contributed by atoms with E-state index in [1.807, 2.05) is 5.32 Å². The van der Waals surface area contributed by atoms with E-state index >= 15 is 0 Å². The van der Waals surface area contributed by atoms with Gasteiger partial charge in [-0.1, -0.05) is 67.4 Å². The minimum absolute atomic E-state index is 0.0963. The normalized spacial score (nSPS) is 13.4. The molecule has 0 unspecified atom stereocenters. The first-order valence-corrected chi connectivity index (χ1v) is 16.1. The third kappa shape index (κ3) is 11.3. The van der Waals surface area contributed by atoms with Gasteiger partial charge in [0.05, 0.1) is 13.2 Å². The Hall–Kier alpha value is -4.87. The van der Waals surface area contributed by atoms with Crippen molar-refractivity contribution in [2.75, 3.05) is 7.11 Å². The van der Waals surface area contributed by atoms with Crippen molar-refractivity contribution in [1.29, 1.82) is 0 Å². The number of hydrogen-bond acceptors (Lipinski definition) is 8. The van der Waals surface area contributed by atoms with Gasteiger partial charge in [0.1, 0.15) is 11.8 Å². The standard InChI is InChI=1S/C34H32Cl2F6N4O7/c1-17(2)26(28(47)33(37,38)39)44-30(49)27(19-9-11-23(52-3)12-10-19)45-29(48)25(14-18-5-4-6-22(35)13-18)46(53-32(51)34(40,41)42)31(50)20-7-8-21(16-43)24(36)15-20/h4-13,15,17,25-27H,14,16,43H2,1-3H3,(H,44,49)(H,45,48)/t25-,26-,27-/m0/s1. The van der Waals surface area contributed by atoms with Gasteiger partial charge < -0.3 is 25.9 Å². The molecule has 0 aromatic heterocycles. The van der Waals surface area contributed by atoms with Crippen LogP contribution in [0.4, 0.5) is 26.3 Å². The lowest BCUT2D eigenvalue weighted by Gasteiger charge is -2.31. The number of nitrogens with zero attached hydrogens (tertiary/aromatic N) is 1. The van der Waals surface area contributed by atoms with Crippen LogP contribution >= 0.6 is 23.2 Å². The second kappa shape index (κ2) is 17.8. The number of Topliss-reactive ketones (excluding diaryl/α,β-unsaturated/α-hetero) is 1. The average molecular weight is 794 g/mol. The van der Waals surface area contributed by atoms with Crippen LogP contribution in [0.15, 0.2) is 66.7 Å². The molecule has 19 heteroatoms. The van der Waals surface area contributed by atoms with Gasteiger partial charge in [0.25, 0.3) is 11.7 Å². The first-order valence-electron chi connectivity index (χ1n) is 15.4. The smallest absolute Gasteiger partial charge is 0.493 e. The molecule has 11 nitrogen and oxygen atoms in total. The lowest BCUT2D eigenvalue weighted by Crippen LogP contribution is -2.56. The van der Waals surface area contributed by atoms with Crippen LogP contribution in [0.5, 0.6) is 5.75 Å². The van der Waals surface area contributed by atoms with E-state index in [1.165, 1.54) is 75.6 Å². The summed E-state index contributed by atoms with van der Waals surface area (Å²) in [5, 5.41) is 4.06. The molecular formula is C34H32Cl2F6N4O7. The average Bonchev–Trinajstić information content (AvgIpc) is 3.09. The van der Waals surface area contributed by atoms with E-state index in [0.29, 0.717) is 5.56 Å². The maximum absolute atomic E-state index is 14.2. The third-order valence-electron chi connectivity index (χ3n) is 7.56. The molecule has 0 heterocycles. The molecule has 0 aliphatic rings. The Bertz CT molecular complexity index is 1820. The molecule has 0 saturated carbocycles. The lowest BCUT2D eigenvalue weighted by atomic mass is 9.97. The number of ketones is 1. The first kappa shape index (κ1) is 42.5. The Labute approximate surface area is 308 Å². The molecule has 3 amide bonds. The molecule has 3 aromatic rings. The van der Waals surface area contributed by atoms with E-state index in [9.17, 15) is 50.3 Å². The number of amides is 3. The van der Waals surface area contributed by atoms with Gasteiger partial charge in [0, 0.05) is 28.6 Å². The van der Waals surface area contributed by atoms with Gasteiger partial charge in [0.15, 0.2) is 6.04 Å². The Morgan fingerprint density at radius 1 is 0.849 bits per heavy atom. The summed E-state index contributed by atoms with van der Waals surface area (Å²) < 4.78 is 86.2. The third-order valence-corrected chi connectivity index (χ3v) is 8.15. The fraction of sp³-hybridized carbons (Fsp3) is 0.324. The Morgan fingerprint density at radius 3 is 2.00 bits per heavy atom. The van der Waals surface area contributed by atoms with Crippen LogP contribution in [0.25, 0.3) is 0 Å². The van der Waals surface area contributed by atoms with Crippen molar-refractivity contribution < 1.29 is 59.9 Å². The van der Waals surface area contributed by atoms with E-state index in [-0.39, 0.29) is 38.5 Å². The molecule has 0 radical (unpaired) electrons. The highest BCUT2D eigenvalue weighted by atomic mass is 35.5. The molecule has 3 rings (SSSR count). The molecule has 286 valence electrons. The van der Waals surface area contributed by atoms with Gasteiger partial charge in [-0.3, -0.25) is 19.2 Å². The Balaban J connectivity index is 2.20. The summed E-state index contributed by atoms with van der Waals surface area (Å²) in [7, 11) is 1.31. The highest BCUT2D eigenvalue weighted by molar-refractivity contribution is 6.31. The number of rotatable bonds is 13. The maximum atomic E-state index is 14.2. The lowest BCUT2D eigenvalue weighted by molar-refractivity contribution is -0.233. The fourth-order valence-corrected chi connectivity index (χ4v) is 5.28. The van der Waals surface area contributed by atoms with Crippen LogP contribution in [0.1, 0.15) is 46.9 Å². The van der Waals surface area contributed by atoms with Crippen molar-refractivity contribution in [3.63, 3.8) is 0 Å². The minimum Gasteiger partial charge on any atom is -0.497 e.